The van der Waals surface area contributed by atoms with Crippen molar-refractivity contribution in [3.05, 3.63) is 41.1 Å². The van der Waals surface area contributed by atoms with Crippen LogP contribution in [0.4, 0.5) is 4.79 Å². The number of furan rings is 1. The molecule has 0 bridgehead atoms. The molecule has 0 aliphatic rings. The van der Waals surface area contributed by atoms with Crippen molar-refractivity contribution >= 4 is 6.03 Å². The van der Waals surface area contributed by atoms with E-state index in [1.54, 1.807) is 12.3 Å². The van der Waals surface area contributed by atoms with Crippen LogP contribution >= 0.6 is 0 Å². The van der Waals surface area contributed by atoms with Gasteiger partial charge in [-0.2, -0.15) is 5.10 Å². The second-order valence-corrected chi connectivity index (χ2v) is 4.82. The summed E-state index contributed by atoms with van der Waals surface area (Å²) in [7, 11) is 1.94. The van der Waals surface area contributed by atoms with E-state index in [0.717, 1.165) is 35.6 Å². The van der Waals surface area contributed by atoms with Crippen molar-refractivity contribution in [1.29, 1.82) is 0 Å². The van der Waals surface area contributed by atoms with Crippen LogP contribution in [0, 0.1) is 0 Å². The van der Waals surface area contributed by atoms with Crippen LogP contribution in [0.2, 0.25) is 0 Å². The first-order valence-electron chi connectivity index (χ1n) is 7.23. The average molecular weight is 290 g/mol. The lowest BCUT2D eigenvalue weighted by atomic mass is 10.1. The molecule has 0 unspecified atom stereocenters. The fourth-order valence-corrected chi connectivity index (χ4v) is 2.41. The van der Waals surface area contributed by atoms with E-state index in [4.69, 9.17) is 4.42 Å². The highest BCUT2D eigenvalue weighted by atomic mass is 16.3. The van der Waals surface area contributed by atoms with Crippen molar-refractivity contribution in [2.75, 3.05) is 0 Å². The first kappa shape index (κ1) is 15.2. The lowest BCUT2D eigenvalue weighted by Crippen LogP contribution is -2.34. The molecular formula is C15H22N4O2. The number of urea groups is 1. The van der Waals surface area contributed by atoms with E-state index in [9.17, 15) is 4.79 Å². The van der Waals surface area contributed by atoms with Crippen molar-refractivity contribution in [2.24, 2.45) is 7.05 Å². The fraction of sp³-hybridized carbons (Fsp3) is 0.467. The molecule has 0 atom stereocenters. The first-order chi connectivity index (χ1) is 10.2. The minimum absolute atomic E-state index is 0.209. The summed E-state index contributed by atoms with van der Waals surface area (Å²) in [5.41, 5.74) is 3.33. The number of aromatic nitrogens is 2. The second kappa shape index (κ2) is 6.97. The summed E-state index contributed by atoms with van der Waals surface area (Å²) in [5, 5.41) is 10.1. The van der Waals surface area contributed by atoms with Gasteiger partial charge >= 0.3 is 6.03 Å². The Morgan fingerprint density at radius 2 is 2.05 bits per heavy atom. The van der Waals surface area contributed by atoms with Crippen molar-refractivity contribution in [3.63, 3.8) is 0 Å². The summed E-state index contributed by atoms with van der Waals surface area (Å²) < 4.78 is 7.07. The lowest BCUT2D eigenvalue weighted by Gasteiger charge is -2.08. The standard InChI is InChI=1S/C15H22N4O2/c1-4-13-12(14(5-2)19(3)18-13)10-17-15(20)16-9-11-7-6-8-21-11/h6-8H,4-5,9-10H2,1-3H3,(H2,16,17,20). The van der Waals surface area contributed by atoms with Gasteiger partial charge in [-0.3, -0.25) is 4.68 Å². The van der Waals surface area contributed by atoms with Gasteiger partial charge in [0.15, 0.2) is 0 Å². The summed E-state index contributed by atoms with van der Waals surface area (Å²) >= 11 is 0. The smallest absolute Gasteiger partial charge is 0.315 e. The molecule has 2 N–H and O–H groups in total. The number of carbonyl (C=O) groups is 1. The molecule has 0 saturated carbocycles. The van der Waals surface area contributed by atoms with Crippen LogP contribution in [0.25, 0.3) is 0 Å². The second-order valence-electron chi connectivity index (χ2n) is 4.82. The molecule has 0 spiro atoms. The topological polar surface area (TPSA) is 72.1 Å². The zero-order valence-electron chi connectivity index (χ0n) is 12.8. The van der Waals surface area contributed by atoms with Crippen LogP contribution in [0.1, 0.15) is 36.6 Å². The molecule has 2 heterocycles. The van der Waals surface area contributed by atoms with E-state index < -0.39 is 0 Å². The SMILES string of the molecule is CCc1nn(C)c(CC)c1CNC(=O)NCc1ccco1. The van der Waals surface area contributed by atoms with E-state index in [0.29, 0.717) is 13.1 Å². The zero-order chi connectivity index (χ0) is 15.2. The molecule has 0 aliphatic heterocycles. The van der Waals surface area contributed by atoms with E-state index in [2.05, 4.69) is 29.6 Å². The minimum atomic E-state index is -0.209. The lowest BCUT2D eigenvalue weighted by molar-refractivity contribution is 0.239. The molecule has 2 rings (SSSR count). The first-order valence-corrected chi connectivity index (χ1v) is 7.23. The maximum absolute atomic E-state index is 11.8. The normalized spacial score (nSPS) is 10.6. The van der Waals surface area contributed by atoms with Gasteiger partial charge in [0.05, 0.1) is 18.5 Å². The third-order valence-corrected chi connectivity index (χ3v) is 3.46. The number of rotatable bonds is 6. The van der Waals surface area contributed by atoms with E-state index in [1.165, 1.54) is 0 Å². The highest BCUT2D eigenvalue weighted by Gasteiger charge is 2.14. The molecule has 0 radical (unpaired) electrons. The Bertz CT molecular complexity index is 587. The predicted octanol–water partition coefficient (Wildman–Crippen LogP) is 2.14. The number of nitrogens with zero attached hydrogens (tertiary/aromatic N) is 2. The molecule has 114 valence electrons. The summed E-state index contributed by atoms with van der Waals surface area (Å²) in [6, 6.07) is 3.41. The number of carbonyl (C=O) groups excluding carboxylic acids is 1. The van der Waals surface area contributed by atoms with Crippen LogP contribution in [-0.4, -0.2) is 15.8 Å². The molecule has 0 aromatic carbocycles. The van der Waals surface area contributed by atoms with Gasteiger partial charge in [-0.25, -0.2) is 4.79 Å². The third-order valence-electron chi connectivity index (χ3n) is 3.46. The highest BCUT2D eigenvalue weighted by molar-refractivity contribution is 5.73. The third kappa shape index (κ3) is 3.65. The van der Waals surface area contributed by atoms with Crippen molar-refractivity contribution in [2.45, 2.75) is 39.8 Å². The predicted molar refractivity (Wildman–Crippen MR) is 79.7 cm³/mol. The zero-order valence-corrected chi connectivity index (χ0v) is 12.8. The Morgan fingerprint density at radius 3 is 2.67 bits per heavy atom. The van der Waals surface area contributed by atoms with E-state index in [-0.39, 0.29) is 6.03 Å². The highest BCUT2D eigenvalue weighted by Crippen LogP contribution is 2.15. The van der Waals surface area contributed by atoms with Crippen LogP contribution in [-0.2, 0) is 33.0 Å². The van der Waals surface area contributed by atoms with Crippen molar-refractivity contribution in [3.8, 4) is 0 Å². The number of nitrogens with one attached hydrogen (secondary N) is 2. The van der Waals surface area contributed by atoms with Gasteiger partial charge in [-0.05, 0) is 25.0 Å². The summed E-state index contributed by atoms with van der Waals surface area (Å²) in [5.74, 6) is 0.732. The minimum Gasteiger partial charge on any atom is -0.467 e. The molecule has 0 fully saturated rings. The molecular weight excluding hydrogens is 268 g/mol. The Hall–Kier alpha value is -2.24. The molecule has 2 aromatic heterocycles. The average Bonchev–Trinajstić information content (AvgIpc) is 3.09. The van der Waals surface area contributed by atoms with E-state index in [1.807, 2.05) is 17.8 Å². The van der Waals surface area contributed by atoms with Gasteiger partial charge < -0.3 is 15.1 Å². The van der Waals surface area contributed by atoms with Crippen LogP contribution in [0.5, 0.6) is 0 Å². The molecule has 0 saturated heterocycles. The van der Waals surface area contributed by atoms with E-state index >= 15 is 0 Å². The Labute approximate surface area is 124 Å². The quantitative estimate of drug-likeness (QED) is 0.856. The number of amides is 2. The Morgan fingerprint density at radius 1 is 1.29 bits per heavy atom. The molecule has 0 aliphatic carbocycles. The maximum Gasteiger partial charge on any atom is 0.315 e. The van der Waals surface area contributed by atoms with Crippen molar-refractivity contribution < 1.29 is 9.21 Å². The van der Waals surface area contributed by atoms with Gasteiger partial charge in [0.1, 0.15) is 5.76 Å². The molecule has 21 heavy (non-hydrogen) atoms. The van der Waals surface area contributed by atoms with Crippen LogP contribution in [0.3, 0.4) is 0 Å². The Balaban J connectivity index is 1.91. The Kier molecular flexibility index (Phi) is 5.03. The molecule has 2 amide bonds. The molecule has 6 heteroatoms. The maximum atomic E-state index is 11.8. The van der Waals surface area contributed by atoms with Gasteiger partial charge in [0.25, 0.3) is 0 Å². The molecule has 2 aromatic rings. The molecule has 6 nitrogen and oxygen atoms in total. The van der Waals surface area contributed by atoms with Crippen LogP contribution < -0.4 is 10.6 Å². The summed E-state index contributed by atoms with van der Waals surface area (Å²) in [4.78, 5) is 11.8. The summed E-state index contributed by atoms with van der Waals surface area (Å²) in [6.45, 7) is 5.04. The van der Waals surface area contributed by atoms with Gasteiger partial charge in [0.2, 0.25) is 0 Å². The van der Waals surface area contributed by atoms with Crippen LogP contribution in [0.15, 0.2) is 22.8 Å². The van der Waals surface area contributed by atoms with Gasteiger partial charge in [-0.15, -0.1) is 0 Å². The monoisotopic (exact) mass is 290 g/mol. The van der Waals surface area contributed by atoms with Crippen molar-refractivity contribution in [1.82, 2.24) is 20.4 Å². The number of aryl methyl sites for hydroxylation is 2. The number of hydrogen-bond acceptors (Lipinski definition) is 3. The van der Waals surface area contributed by atoms with Gasteiger partial charge in [0, 0.05) is 24.8 Å². The summed E-state index contributed by atoms with van der Waals surface area (Å²) in [6.07, 6.45) is 3.35. The largest absolute Gasteiger partial charge is 0.467 e. The van der Waals surface area contributed by atoms with Gasteiger partial charge in [-0.1, -0.05) is 13.8 Å². The number of hydrogen-bond donors (Lipinski definition) is 2. The fourth-order valence-electron chi connectivity index (χ4n) is 2.41.